The highest BCUT2D eigenvalue weighted by Gasteiger charge is 2.35. The van der Waals surface area contributed by atoms with Crippen LogP contribution in [0.5, 0.6) is 0 Å². The molecule has 0 amide bonds. The second-order valence-electron chi connectivity index (χ2n) is 17.7. The fourth-order valence-electron chi connectivity index (χ4n) is 10.4. The normalized spacial score (nSPS) is 12.6. The van der Waals surface area contributed by atoms with Crippen LogP contribution in [0.3, 0.4) is 0 Å². The van der Waals surface area contributed by atoms with Gasteiger partial charge < -0.3 is 9.80 Å². The minimum Gasteiger partial charge on any atom is -0.310 e. The van der Waals surface area contributed by atoms with Crippen LogP contribution < -0.4 is 9.80 Å². The molecule has 0 fully saturated rings. The Hall–Kier alpha value is -8.20. The summed E-state index contributed by atoms with van der Waals surface area (Å²) in [6, 6.07) is 88.9. The van der Waals surface area contributed by atoms with Crippen molar-refractivity contribution in [2.45, 2.75) is 19.3 Å². The molecular weight excluding hydrogens is 785 g/mol. The second-order valence-corrected chi connectivity index (χ2v) is 17.7. The van der Waals surface area contributed by atoms with Gasteiger partial charge in [0, 0.05) is 44.6 Å². The summed E-state index contributed by atoms with van der Waals surface area (Å²) >= 11 is 0. The van der Waals surface area contributed by atoms with E-state index in [-0.39, 0.29) is 5.41 Å². The third-order valence-electron chi connectivity index (χ3n) is 13.6. The Morgan fingerprint density at radius 1 is 0.292 bits per heavy atom. The number of rotatable bonds is 8. The number of hydrogen-bond acceptors (Lipinski definition) is 2. The summed E-state index contributed by atoms with van der Waals surface area (Å²) < 4.78 is 0. The molecule has 0 unspecified atom stereocenters. The minimum absolute atomic E-state index is 0.0993. The fourth-order valence-corrected chi connectivity index (χ4v) is 10.4. The molecule has 0 N–H and O–H groups in total. The van der Waals surface area contributed by atoms with Crippen molar-refractivity contribution in [1.82, 2.24) is 0 Å². The van der Waals surface area contributed by atoms with Gasteiger partial charge in [-0.3, -0.25) is 0 Å². The molecule has 11 aromatic rings. The Morgan fingerprint density at radius 3 is 1.45 bits per heavy atom. The van der Waals surface area contributed by atoms with Gasteiger partial charge in [0.25, 0.3) is 0 Å². The van der Waals surface area contributed by atoms with Crippen LogP contribution in [0.2, 0.25) is 0 Å². The molecule has 11 aromatic carbocycles. The summed E-state index contributed by atoms with van der Waals surface area (Å²) in [5.41, 5.74) is 16.9. The molecule has 0 radical (unpaired) electrons. The molecule has 2 heteroatoms. The molecule has 1 aliphatic rings. The smallest absolute Gasteiger partial charge is 0.0618 e. The van der Waals surface area contributed by atoms with E-state index in [1.807, 2.05) is 0 Å². The quantitative estimate of drug-likeness (QED) is 0.141. The predicted molar refractivity (Wildman–Crippen MR) is 277 cm³/mol. The van der Waals surface area contributed by atoms with Crippen molar-refractivity contribution in [3.8, 4) is 33.4 Å². The highest BCUT2D eigenvalue weighted by Crippen LogP contribution is 2.52. The summed E-state index contributed by atoms with van der Waals surface area (Å²) in [5.74, 6) is 0. The van der Waals surface area contributed by atoms with Gasteiger partial charge in [0.2, 0.25) is 0 Å². The number of fused-ring (bicyclic) bond motifs is 6. The van der Waals surface area contributed by atoms with Crippen molar-refractivity contribution < 1.29 is 0 Å². The van der Waals surface area contributed by atoms with Crippen molar-refractivity contribution in [2.24, 2.45) is 0 Å². The maximum Gasteiger partial charge on any atom is 0.0618 e. The second kappa shape index (κ2) is 15.6. The van der Waals surface area contributed by atoms with Crippen LogP contribution in [-0.2, 0) is 5.41 Å². The molecule has 65 heavy (non-hydrogen) atoms. The van der Waals surface area contributed by atoms with E-state index in [2.05, 4.69) is 266 Å². The molecule has 0 bridgehead atoms. The van der Waals surface area contributed by atoms with E-state index in [0.717, 1.165) is 34.1 Å². The minimum atomic E-state index is -0.0993. The topological polar surface area (TPSA) is 6.48 Å². The van der Waals surface area contributed by atoms with Gasteiger partial charge in [-0.1, -0.05) is 196 Å². The van der Waals surface area contributed by atoms with Crippen molar-refractivity contribution in [3.63, 3.8) is 0 Å². The Balaban J connectivity index is 1.02. The van der Waals surface area contributed by atoms with E-state index in [1.54, 1.807) is 0 Å². The molecular formula is C63H46N2. The first-order valence-corrected chi connectivity index (χ1v) is 22.6. The number of anilines is 6. The molecule has 0 spiro atoms. The van der Waals surface area contributed by atoms with Gasteiger partial charge in [-0.2, -0.15) is 0 Å². The van der Waals surface area contributed by atoms with Crippen molar-refractivity contribution in [1.29, 1.82) is 0 Å². The Kier molecular flexibility index (Phi) is 9.21. The number of nitrogens with zero attached hydrogens (tertiary/aromatic N) is 2. The molecule has 12 rings (SSSR count). The van der Waals surface area contributed by atoms with Crippen LogP contribution in [0.4, 0.5) is 34.1 Å². The van der Waals surface area contributed by atoms with Crippen molar-refractivity contribution >= 4 is 66.4 Å². The summed E-state index contributed by atoms with van der Waals surface area (Å²) in [6.45, 7) is 4.71. The maximum atomic E-state index is 2.47. The average molecular weight is 831 g/mol. The first-order chi connectivity index (χ1) is 32.0. The van der Waals surface area contributed by atoms with Crippen LogP contribution in [0.15, 0.2) is 243 Å². The summed E-state index contributed by atoms with van der Waals surface area (Å²) in [7, 11) is 0. The molecule has 0 heterocycles. The zero-order chi connectivity index (χ0) is 43.5. The third-order valence-corrected chi connectivity index (χ3v) is 13.6. The molecule has 0 saturated heterocycles. The van der Waals surface area contributed by atoms with Crippen LogP contribution in [0, 0.1) is 0 Å². The lowest BCUT2D eigenvalue weighted by atomic mass is 9.82. The van der Waals surface area contributed by atoms with E-state index < -0.39 is 0 Å². The zero-order valence-corrected chi connectivity index (χ0v) is 36.5. The van der Waals surface area contributed by atoms with Crippen LogP contribution >= 0.6 is 0 Å². The molecule has 308 valence electrons. The summed E-state index contributed by atoms with van der Waals surface area (Å²) in [4.78, 5) is 4.86. The zero-order valence-electron chi connectivity index (χ0n) is 36.5. The van der Waals surface area contributed by atoms with Gasteiger partial charge >= 0.3 is 0 Å². The molecule has 0 atom stereocenters. The Morgan fingerprint density at radius 2 is 0.754 bits per heavy atom. The summed E-state index contributed by atoms with van der Waals surface area (Å²) in [5, 5.41) is 7.23. The average Bonchev–Trinajstić information content (AvgIpc) is 3.60. The van der Waals surface area contributed by atoms with Crippen LogP contribution in [0.1, 0.15) is 25.0 Å². The SMILES string of the molecule is CC1(C)c2ccccc2-c2ccc(N(c3ccccc3)c3ccc(-c4c5ccccc5c(N(c5ccc(-c6ccccc6)cc5)c5ccc6ccccc6c5)c5ccccc45)cc3)cc21. The molecule has 1 aliphatic carbocycles. The predicted octanol–water partition coefficient (Wildman–Crippen LogP) is 17.7. The lowest BCUT2D eigenvalue weighted by Gasteiger charge is -2.30. The van der Waals surface area contributed by atoms with E-state index in [4.69, 9.17) is 0 Å². The van der Waals surface area contributed by atoms with Crippen LogP contribution in [0.25, 0.3) is 65.7 Å². The number of benzene rings is 11. The van der Waals surface area contributed by atoms with E-state index in [0.29, 0.717) is 0 Å². The largest absolute Gasteiger partial charge is 0.310 e. The fraction of sp³-hybridized carbons (Fsp3) is 0.0476. The lowest BCUT2D eigenvalue weighted by Crippen LogP contribution is -2.16. The third kappa shape index (κ3) is 6.49. The van der Waals surface area contributed by atoms with E-state index >= 15 is 0 Å². The molecule has 2 nitrogen and oxygen atoms in total. The number of para-hydroxylation sites is 1. The van der Waals surface area contributed by atoms with Gasteiger partial charge in [-0.15, -0.1) is 0 Å². The standard InChI is InChI=1S/C63H46N2/c1-63(2)59-28-16-15-23-53(59)54-40-39-52(42-60(54)63)64(48-21-7-4-8-22-48)49-36-32-46(33-37-49)61-55-24-11-13-26-57(55)62(58-27-14-12-25-56(58)61)65(51-38-31-44-19-9-10-20-47(44)41-51)50-34-29-45(30-35-50)43-17-5-3-6-18-43/h3-42H,1-2H3. The van der Waals surface area contributed by atoms with Gasteiger partial charge in [0.05, 0.1) is 5.69 Å². The Labute approximate surface area is 380 Å². The molecule has 0 aliphatic heterocycles. The molecule has 0 saturated carbocycles. The van der Waals surface area contributed by atoms with Crippen molar-refractivity contribution in [3.05, 3.63) is 254 Å². The number of hydrogen-bond donors (Lipinski definition) is 0. The Bertz CT molecular complexity index is 3500. The van der Waals surface area contributed by atoms with Gasteiger partial charge in [-0.25, -0.2) is 0 Å². The summed E-state index contributed by atoms with van der Waals surface area (Å²) in [6.07, 6.45) is 0. The highest BCUT2D eigenvalue weighted by molar-refractivity contribution is 6.22. The maximum absolute atomic E-state index is 2.47. The lowest BCUT2D eigenvalue weighted by molar-refractivity contribution is 0.660. The first-order valence-electron chi connectivity index (χ1n) is 22.6. The monoisotopic (exact) mass is 830 g/mol. The highest BCUT2D eigenvalue weighted by atomic mass is 15.1. The van der Waals surface area contributed by atoms with Gasteiger partial charge in [0.15, 0.2) is 0 Å². The van der Waals surface area contributed by atoms with Gasteiger partial charge in [-0.05, 0) is 127 Å². The van der Waals surface area contributed by atoms with Gasteiger partial charge in [0.1, 0.15) is 0 Å². The van der Waals surface area contributed by atoms with Crippen molar-refractivity contribution in [2.75, 3.05) is 9.80 Å². The molecule has 0 aromatic heterocycles. The van der Waals surface area contributed by atoms with E-state index in [9.17, 15) is 0 Å². The van der Waals surface area contributed by atoms with Crippen LogP contribution in [-0.4, -0.2) is 0 Å². The first kappa shape index (κ1) is 38.5. The van der Waals surface area contributed by atoms with E-state index in [1.165, 1.54) is 76.8 Å².